The molecule has 1 fully saturated rings. The van der Waals surface area contributed by atoms with Crippen molar-refractivity contribution in [1.29, 1.82) is 0 Å². The Balaban J connectivity index is 1.56. The molecule has 1 amide bonds. The molecular formula is C19H21N7O. The molecule has 8 heteroatoms. The third kappa shape index (κ3) is 3.51. The van der Waals surface area contributed by atoms with Crippen LogP contribution >= 0.6 is 0 Å². The minimum absolute atomic E-state index is 0.0710. The van der Waals surface area contributed by atoms with E-state index >= 15 is 0 Å². The fourth-order valence-corrected chi connectivity index (χ4v) is 3.29. The molecule has 0 aliphatic carbocycles. The number of likely N-dealkylation sites (tertiary alicyclic amines) is 1. The maximum absolute atomic E-state index is 12.9. The van der Waals surface area contributed by atoms with Crippen molar-refractivity contribution in [2.45, 2.75) is 25.8 Å². The highest BCUT2D eigenvalue weighted by molar-refractivity contribution is 5.91. The fraction of sp³-hybridized carbons (Fsp3) is 0.316. The molecule has 0 radical (unpaired) electrons. The van der Waals surface area contributed by atoms with Crippen molar-refractivity contribution >= 4 is 17.7 Å². The van der Waals surface area contributed by atoms with Crippen molar-refractivity contribution in [2.24, 2.45) is 7.05 Å². The monoisotopic (exact) mass is 363 g/mol. The van der Waals surface area contributed by atoms with Gasteiger partial charge in [0.15, 0.2) is 5.82 Å². The molecule has 1 aliphatic heterocycles. The summed E-state index contributed by atoms with van der Waals surface area (Å²) in [6.45, 7) is 2.68. The Morgan fingerprint density at radius 2 is 2.07 bits per heavy atom. The van der Waals surface area contributed by atoms with Crippen LogP contribution in [0.25, 0.3) is 0 Å². The standard InChI is InChI=1S/C19H21N7O/c1-13-5-6-16(22-12-13)24-19-21-8-7-14(23-19)15-4-3-10-26(15)18(27)17-20-9-11-25(17)2/h5-9,11-12,15H,3-4,10H2,1-2H3,(H,21,22,23,24)/t15-/m0/s1. The third-order valence-electron chi connectivity index (χ3n) is 4.70. The van der Waals surface area contributed by atoms with Gasteiger partial charge in [-0.3, -0.25) is 4.79 Å². The largest absolute Gasteiger partial charge is 0.330 e. The first-order valence-corrected chi connectivity index (χ1v) is 8.93. The molecule has 1 saturated heterocycles. The van der Waals surface area contributed by atoms with E-state index in [0.29, 0.717) is 24.1 Å². The van der Waals surface area contributed by atoms with Gasteiger partial charge in [-0.05, 0) is 37.5 Å². The summed E-state index contributed by atoms with van der Waals surface area (Å²) in [5.41, 5.74) is 1.91. The summed E-state index contributed by atoms with van der Waals surface area (Å²) < 4.78 is 1.74. The molecule has 0 unspecified atom stereocenters. The maximum Gasteiger partial charge on any atom is 0.290 e. The first kappa shape index (κ1) is 17.1. The quantitative estimate of drug-likeness (QED) is 0.766. The highest BCUT2D eigenvalue weighted by Gasteiger charge is 2.33. The molecule has 0 saturated carbocycles. The second-order valence-corrected chi connectivity index (χ2v) is 6.67. The van der Waals surface area contributed by atoms with Crippen LogP contribution in [0.15, 0.2) is 43.0 Å². The Morgan fingerprint density at radius 3 is 2.81 bits per heavy atom. The van der Waals surface area contributed by atoms with E-state index in [2.05, 4.69) is 25.3 Å². The number of hydrogen-bond acceptors (Lipinski definition) is 6. The summed E-state index contributed by atoms with van der Waals surface area (Å²) >= 11 is 0. The Morgan fingerprint density at radius 1 is 1.19 bits per heavy atom. The second kappa shape index (κ2) is 7.14. The number of pyridine rings is 1. The van der Waals surface area contributed by atoms with E-state index < -0.39 is 0 Å². The number of hydrogen-bond donors (Lipinski definition) is 1. The van der Waals surface area contributed by atoms with Gasteiger partial charge in [0.2, 0.25) is 5.95 Å². The SMILES string of the molecule is Cc1ccc(Nc2nccc([C@@H]3CCCN3C(=O)c3nccn3C)n2)nc1. The van der Waals surface area contributed by atoms with Crippen LogP contribution in [0.1, 0.15) is 40.8 Å². The fourth-order valence-electron chi connectivity index (χ4n) is 3.29. The topological polar surface area (TPSA) is 88.8 Å². The van der Waals surface area contributed by atoms with Gasteiger partial charge >= 0.3 is 0 Å². The van der Waals surface area contributed by atoms with Gasteiger partial charge in [-0.2, -0.15) is 0 Å². The lowest BCUT2D eigenvalue weighted by molar-refractivity contribution is 0.0717. The van der Waals surface area contributed by atoms with E-state index in [9.17, 15) is 4.79 Å². The third-order valence-corrected chi connectivity index (χ3v) is 4.70. The lowest BCUT2D eigenvalue weighted by atomic mass is 10.1. The Labute approximate surface area is 157 Å². The van der Waals surface area contributed by atoms with Gasteiger partial charge in [0, 0.05) is 38.4 Å². The van der Waals surface area contributed by atoms with Crippen LogP contribution < -0.4 is 5.32 Å². The number of amides is 1. The summed E-state index contributed by atoms with van der Waals surface area (Å²) in [4.78, 5) is 32.2. The highest BCUT2D eigenvalue weighted by atomic mass is 16.2. The van der Waals surface area contributed by atoms with Gasteiger partial charge in [0.1, 0.15) is 5.82 Å². The predicted octanol–water partition coefficient (Wildman–Crippen LogP) is 2.63. The van der Waals surface area contributed by atoms with Gasteiger partial charge in [-0.15, -0.1) is 0 Å². The number of nitrogens with zero attached hydrogens (tertiary/aromatic N) is 6. The highest BCUT2D eigenvalue weighted by Crippen LogP contribution is 2.32. The predicted molar refractivity (Wildman–Crippen MR) is 101 cm³/mol. The lowest BCUT2D eigenvalue weighted by Crippen LogP contribution is -2.32. The molecule has 1 N–H and O–H groups in total. The number of nitrogens with one attached hydrogen (secondary N) is 1. The van der Waals surface area contributed by atoms with Crippen molar-refractivity contribution in [3.05, 3.63) is 60.1 Å². The molecule has 4 rings (SSSR count). The number of carbonyl (C=O) groups is 1. The van der Waals surface area contributed by atoms with Gasteiger partial charge in [0.25, 0.3) is 5.91 Å². The first-order chi connectivity index (χ1) is 13.1. The van der Waals surface area contributed by atoms with Crippen LogP contribution in [-0.2, 0) is 7.05 Å². The Kier molecular flexibility index (Phi) is 4.53. The van der Waals surface area contributed by atoms with Crippen LogP contribution in [0.2, 0.25) is 0 Å². The molecule has 27 heavy (non-hydrogen) atoms. The number of imidazole rings is 1. The van der Waals surface area contributed by atoms with Gasteiger partial charge < -0.3 is 14.8 Å². The summed E-state index contributed by atoms with van der Waals surface area (Å²) in [7, 11) is 1.83. The molecule has 1 aliphatic rings. The zero-order valence-corrected chi connectivity index (χ0v) is 15.3. The van der Waals surface area contributed by atoms with Gasteiger partial charge in [-0.25, -0.2) is 19.9 Å². The van der Waals surface area contributed by atoms with E-state index in [1.807, 2.05) is 37.1 Å². The summed E-state index contributed by atoms with van der Waals surface area (Å²) in [6, 6.07) is 5.65. The molecule has 0 aromatic carbocycles. The maximum atomic E-state index is 12.9. The smallest absolute Gasteiger partial charge is 0.290 e. The molecule has 0 bridgehead atoms. The second-order valence-electron chi connectivity index (χ2n) is 6.67. The summed E-state index contributed by atoms with van der Waals surface area (Å²) in [6.07, 6.45) is 8.72. The minimum atomic E-state index is -0.0799. The zero-order valence-electron chi connectivity index (χ0n) is 15.3. The molecule has 3 aromatic rings. The van der Waals surface area contributed by atoms with Crippen molar-refractivity contribution in [3.63, 3.8) is 0 Å². The zero-order chi connectivity index (χ0) is 18.8. The Bertz CT molecular complexity index is 951. The molecule has 4 heterocycles. The van der Waals surface area contributed by atoms with Gasteiger partial charge in [-0.1, -0.05) is 6.07 Å². The number of rotatable bonds is 4. The molecule has 1 atom stereocenters. The molecular weight excluding hydrogens is 342 g/mol. The molecule has 138 valence electrons. The van der Waals surface area contributed by atoms with Crippen molar-refractivity contribution in [2.75, 3.05) is 11.9 Å². The van der Waals surface area contributed by atoms with Crippen LogP contribution in [-0.4, -0.2) is 41.9 Å². The van der Waals surface area contributed by atoms with Crippen molar-refractivity contribution < 1.29 is 4.79 Å². The van der Waals surface area contributed by atoms with E-state index in [0.717, 1.165) is 24.1 Å². The molecule has 3 aromatic heterocycles. The van der Waals surface area contributed by atoms with E-state index in [4.69, 9.17) is 0 Å². The van der Waals surface area contributed by atoms with E-state index in [1.165, 1.54) is 0 Å². The van der Waals surface area contributed by atoms with Crippen molar-refractivity contribution in [3.8, 4) is 0 Å². The van der Waals surface area contributed by atoms with Crippen LogP contribution in [0, 0.1) is 6.92 Å². The average Bonchev–Trinajstić information content (AvgIpc) is 3.32. The molecule has 0 spiro atoms. The number of carbonyl (C=O) groups excluding carboxylic acids is 1. The van der Waals surface area contributed by atoms with Crippen LogP contribution in [0.5, 0.6) is 0 Å². The van der Waals surface area contributed by atoms with Crippen LogP contribution in [0.4, 0.5) is 11.8 Å². The summed E-state index contributed by atoms with van der Waals surface area (Å²) in [5.74, 6) is 1.53. The van der Waals surface area contributed by atoms with Crippen molar-refractivity contribution in [1.82, 2.24) is 29.4 Å². The first-order valence-electron chi connectivity index (χ1n) is 8.93. The molecule has 8 nitrogen and oxygen atoms in total. The van der Waals surface area contributed by atoms with Crippen LogP contribution in [0.3, 0.4) is 0 Å². The van der Waals surface area contributed by atoms with Gasteiger partial charge in [0.05, 0.1) is 11.7 Å². The summed E-state index contributed by atoms with van der Waals surface area (Å²) in [5, 5.41) is 3.12. The number of anilines is 2. The Hall–Kier alpha value is -3.29. The van der Waals surface area contributed by atoms with E-state index in [-0.39, 0.29) is 11.9 Å². The number of aromatic nitrogens is 5. The minimum Gasteiger partial charge on any atom is -0.330 e. The normalized spacial score (nSPS) is 16.5. The number of aryl methyl sites for hydroxylation is 2. The lowest BCUT2D eigenvalue weighted by Gasteiger charge is -2.24. The van der Waals surface area contributed by atoms with E-state index in [1.54, 1.807) is 29.4 Å². The average molecular weight is 363 g/mol.